The monoisotopic (exact) mass is 189 g/mol. The van der Waals surface area contributed by atoms with E-state index in [4.69, 9.17) is 14.7 Å². The first kappa shape index (κ1) is 7.44. The molecule has 14 heavy (non-hydrogen) atoms. The topological polar surface area (TPSA) is 56.2 Å². The smallest absolute Gasteiger partial charge is 0.400 e. The Kier molecular flexibility index (Phi) is 1.21. The molecule has 0 saturated heterocycles. The summed E-state index contributed by atoms with van der Waals surface area (Å²) in [5.41, 5.74) is 2.07. The summed E-state index contributed by atoms with van der Waals surface area (Å²) in [7, 11) is 0. The molecular weight excluding hydrogens is 180 g/mol. The van der Waals surface area contributed by atoms with Gasteiger partial charge < -0.3 is 8.83 Å². The number of para-hydroxylation sites is 1. The van der Waals surface area contributed by atoms with Gasteiger partial charge in [-0.05, 0) is 16.8 Å². The third-order valence-corrected chi connectivity index (χ3v) is 2.34. The molecule has 0 aliphatic rings. The van der Waals surface area contributed by atoms with E-state index in [1.165, 1.54) is 4.68 Å². The highest BCUT2D eigenvalue weighted by atomic mass is 16.4. The van der Waals surface area contributed by atoms with Crippen LogP contribution < -0.4 is 10.5 Å². The highest BCUT2D eigenvalue weighted by Gasteiger charge is 2.24. The van der Waals surface area contributed by atoms with Gasteiger partial charge in [0.25, 0.3) is 5.58 Å². The van der Waals surface area contributed by atoms with Crippen molar-refractivity contribution < 1.29 is 13.5 Å². The van der Waals surface area contributed by atoms with Crippen molar-refractivity contribution >= 4 is 22.3 Å². The van der Waals surface area contributed by atoms with Gasteiger partial charge in [-0.25, -0.2) is 0 Å². The van der Waals surface area contributed by atoms with E-state index in [2.05, 4.69) is 0 Å². The lowest BCUT2D eigenvalue weighted by atomic mass is 10.2. The van der Waals surface area contributed by atoms with Crippen LogP contribution in [0.25, 0.3) is 22.3 Å². The first-order valence-corrected chi connectivity index (χ1v) is 4.35. The SMILES string of the molecule is Cc1oc2c3ccccc3oc2[n+]1N. The Balaban J connectivity index is 2.60. The second-order valence-electron chi connectivity index (χ2n) is 3.22. The fourth-order valence-corrected chi connectivity index (χ4v) is 1.61. The minimum absolute atomic E-state index is 0.573. The Hall–Kier alpha value is -1.97. The van der Waals surface area contributed by atoms with Gasteiger partial charge in [0.05, 0.1) is 12.3 Å². The van der Waals surface area contributed by atoms with Crippen LogP contribution in [0.2, 0.25) is 0 Å². The van der Waals surface area contributed by atoms with Crippen LogP contribution >= 0.6 is 0 Å². The van der Waals surface area contributed by atoms with E-state index in [9.17, 15) is 0 Å². The van der Waals surface area contributed by atoms with Crippen LogP contribution in [0.3, 0.4) is 0 Å². The van der Waals surface area contributed by atoms with Crippen molar-refractivity contribution in [3.8, 4) is 0 Å². The quantitative estimate of drug-likeness (QED) is 0.430. The molecule has 0 aliphatic heterocycles. The summed E-state index contributed by atoms with van der Waals surface area (Å²) in [6.07, 6.45) is 0. The Morgan fingerprint density at radius 1 is 1.21 bits per heavy atom. The number of nitrogens with zero attached hydrogens (tertiary/aromatic N) is 1. The van der Waals surface area contributed by atoms with E-state index in [1.54, 1.807) is 6.92 Å². The molecule has 0 bridgehead atoms. The summed E-state index contributed by atoms with van der Waals surface area (Å²) in [4.78, 5) is 0. The predicted octanol–water partition coefficient (Wildman–Crippen LogP) is 1.49. The maximum absolute atomic E-state index is 5.73. The summed E-state index contributed by atoms with van der Waals surface area (Å²) in [6.45, 7) is 1.80. The van der Waals surface area contributed by atoms with E-state index in [-0.39, 0.29) is 0 Å². The molecule has 0 amide bonds. The highest BCUT2D eigenvalue weighted by molar-refractivity contribution is 5.98. The fourth-order valence-electron chi connectivity index (χ4n) is 1.61. The van der Waals surface area contributed by atoms with E-state index in [0.29, 0.717) is 17.2 Å². The van der Waals surface area contributed by atoms with E-state index >= 15 is 0 Å². The number of rotatable bonds is 0. The van der Waals surface area contributed by atoms with Crippen LogP contribution in [0.4, 0.5) is 0 Å². The highest BCUT2D eigenvalue weighted by Crippen LogP contribution is 2.26. The van der Waals surface area contributed by atoms with Crippen LogP contribution in [0.15, 0.2) is 33.1 Å². The molecule has 0 unspecified atom stereocenters. The predicted molar refractivity (Wildman–Crippen MR) is 51.1 cm³/mol. The number of hydrogen-bond acceptors (Lipinski definition) is 3. The largest absolute Gasteiger partial charge is 0.450 e. The summed E-state index contributed by atoms with van der Waals surface area (Å²) in [5.74, 6) is 6.36. The summed E-state index contributed by atoms with van der Waals surface area (Å²) in [5, 5.41) is 0.954. The van der Waals surface area contributed by atoms with Crippen LogP contribution in [-0.4, -0.2) is 0 Å². The average Bonchev–Trinajstić information content (AvgIpc) is 2.67. The van der Waals surface area contributed by atoms with Crippen LogP contribution in [0.5, 0.6) is 0 Å². The Morgan fingerprint density at radius 2 is 2.00 bits per heavy atom. The van der Waals surface area contributed by atoms with Gasteiger partial charge in [-0.1, -0.05) is 12.1 Å². The van der Waals surface area contributed by atoms with Crippen molar-refractivity contribution in [3.05, 3.63) is 30.2 Å². The van der Waals surface area contributed by atoms with Gasteiger partial charge in [0.1, 0.15) is 5.58 Å². The van der Waals surface area contributed by atoms with Crippen molar-refractivity contribution in [1.82, 2.24) is 0 Å². The zero-order chi connectivity index (χ0) is 9.71. The number of aryl methyl sites for hydroxylation is 1. The Morgan fingerprint density at radius 3 is 2.86 bits per heavy atom. The van der Waals surface area contributed by atoms with Gasteiger partial charge in [0.15, 0.2) is 0 Å². The molecule has 0 aliphatic carbocycles. The third-order valence-electron chi connectivity index (χ3n) is 2.34. The maximum Gasteiger partial charge on any atom is 0.450 e. The first-order chi connectivity index (χ1) is 6.77. The van der Waals surface area contributed by atoms with E-state index in [1.807, 2.05) is 24.3 Å². The molecule has 2 N–H and O–H groups in total. The second kappa shape index (κ2) is 2.29. The lowest BCUT2D eigenvalue weighted by Crippen LogP contribution is -2.45. The molecule has 3 rings (SSSR count). The summed E-state index contributed by atoms with van der Waals surface area (Å²) in [6, 6.07) is 7.69. The molecule has 4 nitrogen and oxygen atoms in total. The lowest BCUT2D eigenvalue weighted by molar-refractivity contribution is -0.630. The van der Waals surface area contributed by atoms with Crippen LogP contribution in [0.1, 0.15) is 5.89 Å². The molecular formula is C10H9N2O2+. The first-order valence-electron chi connectivity index (χ1n) is 4.35. The van der Waals surface area contributed by atoms with Gasteiger partial charge in [0.2, 0.25) is 0 Å². The maximum atomic E-state index is 5.73. The van der Waals surface area contributed by atoms with Crippen molar-refractivity contribution in [1.29, 1.82) is 0 Å². The van der Waals surface area contributed by atoms with Gasteiger partial charge in [-0.2, -0.15) is 5.84 Å². The van der Waals surface area contributed by atoms with Gasteiger partial charge >= 0.3 is 11.6 Å². The second-order valence-corrected chi connectivity index (χ2v) is 3.22. The summed E-state index contributed by atoms with van der Waals surface area (Å²) >= 11 is 0. The average molecular weight is 189 g/mol. The number of benzene rings is 1. The van der Waals surface area contributed by atoms with Crippen LogP contribution in [0, 0.1) is 6.92 Å². The molecule has 70 valence electrons. The minimum atomic E-state index is 0.573. The molecule has 1 aromatic carbocycles. The number of oxazole rings is 1. The standard InChI is InChI=1S/C10H9N2O2/c1-6-12(11)10-9(13-6)7-4-2-3-5-8(7)14-10/h2-5H,11H2,1H3/q+1. The zero-order valence-electron chi connectivity index (χ0n) is 7.65. The number of nitrogen functional groups attached to an aromatic ring is 1. The van der Waals surface area contributed by atoms with Gasteiger partial charge in [-0.3, -0.25) is 0 Å². The fraction of sp³-hybridized carbons (Fsp3) is 0.100. The molecule has 0 saturated carbocycles. The number of furan rings is 1. The summed E-state index contributed by atoms with van der Waals surface area (Å²) < 4.78 is 12.5. The molecule has 0 fully saturated rings. The molecule has 0 spiro atoms. The van der Waals surface area contributed by atoms with Crippen LogP contribution in [-0.2, 0) is 0 Å². The lowest BCUT2D eigenvalue weighted by Gasteiger charge is -1.83. The number of aromatic nitrogens is 1. The molecule has 4 heteroatoms. The third kappa shape index (κ3) is 0.750. The van der Waals surface area contributed by atoms with Gasteiger partial charge in [0, 0.05) is 0 Å². The molecule has 0 radical (unpaired) electrons. The Labute approximate surface area is 79.5 Å². The zero-order valence-corrected chi connectivity index (χ0v) is 7.65. The number of fused-ring (bicyclic) bond motifs is 3. The van der Waals surface area contributed by atoms with Crippen molar-refractivity contribution in [2.45, 2.75) is 6.92 Å². The Bertz CT molecular complexity index is 621. The molecule has 3 aromatic rings. The normalized spacial score (nSPS) is 11.5. The minimum Gasteiger partial charge on any atom is -0.400 e. The molecule has 2 aromatic heterocycles. The van der Waals surface area contributed by atoms with E-state index in [0.717, 1.165) is 11.0 Å². The van der Waals surface area contributed by atoms with Crippen molar-refractivity contribution in [2.24, 2.45) is 0 Å². The van der Waals surface area contributed by atoms with Crippen molar-refractivity contribution in [3.63, 3.8) is 0 Å². The van der Waals surface area contributed by atoms with E-state index < -0.39 is 0 Å². The number of hydrogen-bond donors (Lipinski definition) is 1. The van der Waals surface area contributed by atoms with Crippen molar-refractivity contribution in [2.75, 3.05) is 5.84 Å². The molecule has 2 heterocycles. The van der Waals surface area contributed by atoms with Gasteiger partial charge in [-0.15, -0.1) is 0 Å². The number of nitrogens with two attached hydrogens (primary N) is 1. The molecule has 0 atom stereocenters.